The summed E-state index contributed by atoms with van der Waals surface area (Å²) >= 11 is 5.75. The molecular weight excluding hydrogens is 234 g/mol. The number of ether oxygens (including phenoxy) is 1. The lowest BCUT2D eigenvalue weighted by Gasteiger charge is -2.09. The van der Waals surface area contributed by atoms with Gasteiger partial charge in [0.05, 0.1) is 10.6 Å². The first-order valence-corrected chi connectivity index (χ1v) is 4.78. The van der Waals surface area contributed by atoms with Gasteiger partial charge in [-0.15, -0.1) is 0 Å². The molecule has 0 heterocycles. The summed E-state index contributed by atoms with van der Waals surface area (Å²) in [6.45, 7) is 1.25. The molecule has 0 aliphatic carbocycles. The third kappa shape index (κ3) is 2.87. The number of nitrogen functional groups attached to an aromatic ring is 1. The van der Waals surface area contributed by atoms with Crippen LogP contribution in [0.4, 0.5) is 5.69 Å². The maximum absolute atomic E-state index is 11.5. The van der Waals surface area contributed by atoms with Gasteiger partial charge in [-0.25, -0.2) is 9.59 Å². The van der Waals surface area contributed by atoms with Crippen molar-refractivity contribution < 1.29 is 19.4 Å². The second kappa shape index (κ2) is 4.85. The van der Waals surface area contributed by atoms with Gasteiger partial charge in [0.25, 0.3) is 0 Å². The molecule has 1 unspecified atom stereocenters. The normalized spacial score (nSPS) is 11.9. The second-order valence-electron chi connectivity index (χ2n) is 3.13. The SMILES string of the molecule is CC(OC(=O)c1cc(N)ccc1Cl)C(=O)O. The molecule has 16 heavy (non-hydrogen) atoms. The van der Waals surface area contributed by atoms with Gasteiger partial charge in [-0.2, -0.15) is 0 Å². The van der Waals surface area contributed by atoms with Crippen LogP contribution in [0.25, 0.3) is 0 Å². The van der Waals surface area contributed by atoms with E-state index in [0.29, 0.717) is 5.69 Å². The van der Waals surface area contributed by atoms with Gasteiger partial charge in [0, 0.05) is 5.69 Å². The maximum Gasteiger partial charge on any atom is 0.344 e. The van der Waals surface area contributed by atoms with Crippen LogP contribution in [0.2, 0.25) is 5.02 Å². The maximum atomic E-state index is 11.5. The van der Waals surface area contributed by atoms with Crippen molar-refractivity contribution in [1.82, 2.24) is 0 Å². The Balaban J connectivity index is 2.88. The fraction of sp³-hybridized carbons (Fsp3) is 0.200. The van der Waals surface area contributed by atoms with E-state index in [1.54, 1.807) is 0 Å². The zero-order valence-electron chi connectivity index (χ0n) is 8.44. The van der Waals surface area contributed by atoms with Gasteiger partial charge in [-0.3, -0.25) is 0 Å². The van der Waals surface area contributed by atoms with E-state index in [4.69, 9.17) is 22.4 Å². The summed E-state index contributed by atoms with van der Waals surface area (Å²) in [7, 11) is 0. The number of esters is 1. The van der Waals surface area contributed by atoms with Gasteiger partial charge in [0.15, 0.2) is 6.10 Å². The van der Waals surface area contributed by atoms with Gasteiger partial charge in [-0.05, 0) is 25.1 Å². The Morgan fingerprint density at radius 1 is 1.50 bits per heavy atom. The molecular formula is C10H10ClNO4. The fourth-order valence-electron chi connectivity index (χ4n) is 0.974. The minimum Gasteiger partial charge on any atom is -0.479 e. The third-order valence-electron chi connectivity index (χ3n) is 1.84. The summed E-state index contributed by atoms with van der Waals surface area (Å²) in [4.78, 5) is 22.0. The summed E-state index contributed by atoms with van der Waals surface area (Å²) in [5.74, 6) is -2.04. The molecule has 0 aliphatic heterocycles. The second-order valence-corrected chi connectivity index (χ2v) is 3.53. The molecule has 0 bridgehead atoms. The van der Waals surface area contributed by atoms with Gasteiger partial charge in [-0.1, -0.05) is 11.6 Å². The minimum absolute atomic E-state index is 0.0507. The fourth-order valence-corrected chi connectivity index (χ4v) is 1.17. The van der Waals surface area contributed by atoms with Crippen LogP contribution in [-0.2, 0) is 9.53 Å². The Bertz CT molecular complexity index is 433. The number of carboxylic acids is 1. The molecule has 0 aliphatic rings. The lowest BCUT2D eigenvalue weighted by Crippen LogP contribution is -2.23. The van der Waals surface area contributed by atoms with Crippen LogP contribution in [0.5, 0.6) is 0 Å². The molecule has 3 N–H and O–H groups in total. The number of aliphatic carboxylic acids is 1. The van der Waals surface area contributed by atoms with Crippen molar-refractivity contribution in [1.29, 1.82) is 0 Å². The van der Waals surface area contributed by atoms with Crippen LogP contribution in [0.3, 0.4) is 0 Å². The number of benzene rings is 1. The van der Waals surface area contributed by atoms with E-state index in [2.05, 4.69) is 4.74 Å². The van der Waals surface area contributed by atoms with Crippen LogP contribution in [0.15, 0.2) is 18.2 Å². The standard InChI is InChI=1S/C10H10ClNO4/c1-5(9(13)14)16-10(15)7-4-6(12)2-3-8(7)11/h2-5H,12H2,1H3,(H,13,14). The monoisotopic (exact) mass is 243 g/mol. The number of rotatable bonds is 3. The van der Waals surface area contributed by atoms with Crippen LogP contribution in [0.1, 0.15) is 17.3 Å². The number of nitrogens with two attached hydrogens (primary N) is 1. The van der Waals surface area contributed by atoms with Crippen molar-refractivity contribution in [3.8, 4) is 0 Å². The molecule has 0 aromatic heterocycles. The Kier molecular flexibility index (Phi) is 3.73. The lowest BCUT2D eigenvalue weighted by atomic mass is 10.2. The van der Waals surface area contributed by atoms with Crippen molar-refractivity contribution in [2.24, 2.45) is 0 Å². The molecule has 86 valence electrons. The predicted octanol–water partition coefficient (Wildman–Crippen LogP) is 1.55. The molecule has 0 fully saturated rings. The molecule has 0 saturated heterocycles. The molecule has 1 aromatic rings. The van der Waals surface area contributed by atoms with Crippen molar-refractivity contribution in [3.63, 3.8) is 0 Å². The predicted molar refractivity (Wildman–Crippen MR) is 58.4 cm³/mol. The Morgan fingerprint density at radius 3 is 2.69 bits per heavy atom. The number of carbonyl (C=O) groups is 2. The van der Waals surface area contributed by atoms with E-state index in [1.807, 2.05) is 0 Å². The van der Waals surface area contributed by atoms with E-state index in [1.165, 1.54) is 25.1 Å². The Labute approximate surface area is 96.8 Å². The minimum atomic E-state index is -1.23. The third-order valence-corrected chi connectivity index (χ3v) is 2.17. The quantitative estimate of drug-likeness (QED) is 0.621. The van der Waals surface area contributed by atoms with E-state index in [9.17, 15) is 9.59 Å². The van der Waals surface area contributed by atoms with Gasteiger partial charge >= 0.3 is 11.9 Å². The Morgan fingerprint density at radius 2 is 2.12 bits per heavy atom. The summed E-state index contributed by atoms with van der Waals surface area (Å²) in [5, 5.41) is 8.73. The number of anilines is 1. The highest BCUT2D eigenvalue weighted by molar-refractivity contribution is 6.33. The van der Waals surface area contributed by atoms with Crippen molar-refractivity contribution in [2.45, 2.75) is 13.0 Å². The number of hydrogen-bond acceptors (Lipinski definition) is 4. The van der Waals surface area contributed by atoms with Gasteiger partial charge in [0.2, 0.25) is 0 Å². The summed E-state index contributed by atoms with van der Waals surface area (Å²) in [6.07, 6.45) is -1.23. The number of hydrogen-bond donors (Lipinski definition) is 2. The first-order chi connectivity index (χ1) is 7.41. The smallest absolute Gasteiger partial charge is 0.344 e. The van der Waals surface area contributed by atoms with Crippen LogP contribution >= 0.6 is 11.6 Å². The van der Waals surface area contributed by atoms with Crippen molar-refractivity contribution in [2.75, 3.05) is 5.73 Å². The average Bonchev–Trinajstić information content (AvgIpc) is 2.21. The van der Waals surface area contributed by atoms with Gasteiger partial charge in [0.1, 0.15) is 0 Å². The molecule has 0 saturated carbocycles. The van der Waals surface area contributed by atoms with E-state index in [-0.39, 0.29) is 10.6 Å². The molecule has 1 aromatic carbocycles. The highest BCUT2D eigenvalue weighted by Crippen LogP contribution is 2.20. The molecule has 6 heteroatoms. The number of carboxylic acid groups (broad SMARTS) is 1. The van der Waals surface area contributed by atoms with Crippen LogP contribution in [0, 0.1) is 0 Å². The zero-order chi connectivity index (χ0) is 12.3. The van der Waals surface area contributed by atoms with Crippen LogP contribution < -0.4 is 5.73 Å². The lowest BCUT2D eigenvalue weighted by molar-refractivity contribution is -0.146. The topological polar surface area (TPSA) is 89.6 Å². The van der Waals surface area contributed by atoms with E-state index >= 15 is 0 Å². The highest BCUT2D eigenvalue weighted by atomic mass is 35.5. The van der Waals surface area contributed by atoms with Gasteiger partial charge < -0.3 is 15.6 Å². The summed E-state index contributed by atoms with van der Waals surface area (Å²) in [6, 6.07) is 4.30. The van der Waals surface area contributed by atoms with Crippen LogP contribution in [-0.4, -0.2) is 23.1 Å². The number of carbonyl (C=O) groups excluding carboxylic acids is 1. The molecule has 1 rings (SSSR count). The number of halogens is 1. The zero-order valence-corrected chi connectivity index (χ0v) is 9.19. The largest absolute Gasteiger partial charge is 0.479 e. The van der Waals surface area contributed by atoms with Crippen molar-refractivity contribution >= 4 is 29.2 Å². The first kappa shape index (κ1) is 12.3. The summed E-state index contributed by atoms with van der Waals surface area (Å²) in [5.41, 5.74) is 5.87. The summed E-state index contributed by atoms with van der Waals surface area (Å²) < 4.78 is 4.66. The van der Waals surface area contributed by atoms with E-state index < -0.39 is 18.0 Å². The molecule has 1 atom stereocenters. The molecule has 0 amide bonds. The molecule has 5 nitrogen and oxygen atoms in total. The van der Waals surface area contributed by atoms with Crippen molar-refractivity contribution in [3.05, 3.63) is 28.8 Å². The Hall–Kier alpha value is -1.75. The molecule has 0 radical (unpaired) electrons. The molecule has 0 spiro atoms. The first-order valence-electron chi connectivity index (χ1n) is 4.40. The van der Waals surface area contributed by atoms with E-state index in [0.717, 1.165) is 0 Å². The highest BCUT2D eigenvalue weighted by Gasteiger charge is 2.19. The average molecular weight is 244 g/mol.